The molecule has 96 valence electrons. The van der Waals surface area contributed by atoms with Gasteiger partial charge in [0.1, 0.15) is 0 Å². The van der Waals surface area contributed by atoms with E-state index in [0.29, 0.717) is 13.0 Å². The first kappa shape index (κ1) is 13.9. The first-order valence-electron chi connectivity index (χ1n) is 6.45. The van der Waals surface area contributed by atoms with Crippen molar-refractivity contribution in [1.29, 1.82) is 0 Å². The van der Waals surface area contributed by atoms with Gasteiger partial charge in [-0.1, -0.05) is 19.3 Å². The van der Waals surface area contributed by atoms with Crippen LogP contribution in [-0.4, -0.2) is 41.6 Å². The van der Waals surface area contributed by atoms with Crippen LogP contribution in [0.3, 0.4) is 0 Å². The minimum Gasteiger partial charge on any atom is -0.396 e. The first-order chi connectivity index (χ1) is 7.66. The lowest BCUT2D eigenvalue weighted by atomic mass is 9.79. The Morgan fingerprint density at radius 1 is 1.25 bits per heavy atom. The number of hydrogen-bond donors (Lipinski definition) is 4. The molecule has 0 radical (unpaired) electrons. The minimum absolute atomic E-state index is 0.143. The SMILES string of the molecule is NC1(CC(O)CNCCCO)CCCCC1. The van der Waals surface area contributed by atoms with E-state index in [1.54, 1.807) is 0 Å². The molecule has 0 heterocycles. The zero-order valence-corrected chi connectivity index (χ0v) is 10.1. The Labute approximate surface area is 98.2 Å². The van der Waals surface area contributed by atoms with Crippen LogP contribution in [0.1, 0.15) is 44.9 Å². The summed E-state index contributed by atoms with van der Waals surface area (Å²) in [5, 5.41) is 21.6. The summed E-state index contributed by atoms with van der Waals surface area (Å²) in [6, 6.07) is 0. The van der Waals surface area contributed by atoms with Gasteiger partial charge in [0.05, 0.1) is 6.10 Å². The van der Waals surface area contributed by atoms with Crippen molar-refractivity contribution >= 4 is 0 Å². The maximum Gasteiger partial charge on any atom is 0.0682 e. The highest BCUT2D eigenvalue weighted by atomic mass is 16.3. The van der Waals surface area contributed by atoms with Gasteiger partial charge >= 0.3 is 0 Å². The largest absolute Gasteiger partial charge is 0.396 e. The fraction of sp³-hybridized carbons (Fsp3) is 1.00. The van der Waals surface area contributed by atoms with E-state index in [1.165, 1.54) is 19.3 Å². The molecule has 0 saturated heterocycles. The molecule has 1 fully saturated rings. The summed E-state index contributed by atoms with van der Waals surface area (Å²) < 4.78 is 0. The van der Waals surface area contributed by atoms with Gasteiger partial charge in [-0.25, -0.2) is 0 Å². The summed E-state index contributed by atoms with van der Waals surface area (Å²) in [5.41, 5.74) is 6.12. The van der Waals surface area contributed by atoms with Gasteiger partial charge < -0.3 is 21.3 Å². The van der Waals surface area contributed by atoms with Crippen molar-refractivity contribution in [2.75, 3.05) is 19.7 Å². The van der Waals surface area contributed by atoms with E-state index in [2.05, 4.69) is 5.32 Å². The highest BCUT2D eigenvalue weighted by Gasteiger charge is 2.29. The molecule has 1 atom stereocenters. The van der Waals surface area contributed by atoms with Crippen LogP contribution >= 0.6 is 0 Å². The lowest BCUT2D eigenvalue weighted by Gasteiger charge is -2.35. The third-order valence-electron chi connectivity index (χ3n) is 3.38. The zero-order chi connectivity index (χ0) is 11.9. The lowest BCUT2D eigenvalue weighted by Crippen LogP contribution is -2.46. The van der Waals surface area contributed by atoms with Crippen LogP contribution in [0.2, 0.25) is 0 Å². The molecule has 0 amide bonds. The van der Waals surface area contributed by atoms with E-state index in [1.807, 2.05) is 0 Å². The van der Waals surface area contributed by atoms with E-state index in [9.17, 15) is 5.11 Å². The third kappa shape index (κ3) is 5.25. The van der Waals surface area contributed by atoms with E-state index >= 15 is 0 Å². The van der Waals surface area contributed by atoms with Gasteiger partial charge in [-0.05, 0) is 32.2 Å². The number of rotatable bonds is 7. The topological polar surface area (TPSA) is 78.5 Å². The Morgan fingerprint density at radius 3 is 2.56 bits per heavy atom. The van der Waals surface area contributed by atoms with Crippen molar-refractivity contribution < 1.29 is 10.2 Å². The monoisotopic (exact) mass is 230 g/mol. The van der Waals surface area contributed by atoms with Crippen molar-refractivity contribution in [1.82, 2.24) is 5.32 Å². The zero-order valence-electron chi connectivity index (χ0n) is 10.1. The molecule has 0 aromatic rings. The van der Waals surface area contributed by atoms with Crippen LogP contribution in [0.5, 0.6) is 0 Å². The van der Waals surface area contributed by atoms with E-state index < -0.39 is 0 Å². The molecule has 1 unspecified atom stereocenters. The molecule has 16 heavy (non-hydrogen) atoms. The van der Waals surface area contributed by atoms with Gasteiger partial charge in [-0.2, -0.15) is 0 Å². The van der Waals surface area contributed by atoms with Crippen molar-refractivity contribution in [2.24, 2.45) is 5.73 Å². The minimum atomic E-state index is -0.359. The van der Waals surface area contributed by atoms with Gasteiger partial charge in [0.25, 0.3) is 0 Å². The smallest absolute Gasteiger partial charge is 0.0682 e. The Balaban J connectivity index is 2.14. The summed E-state index contributed by atoms with van der Waals surface area (Å²) in [6.45, 7) is 1.54. The summed E-state index contributed by atoms with van der Waals surface area (Å²) in [6.07, 6.45) is 6.83. The average molecular weight is 230 g/mol. The number of aliphatic hydroxyl groups excluding tert-OH is 2. The van der Waals surface area contributed by atoms with Gasteiger partial charge in [0.15, 0.2) is 0 Å². The quantitative estimate of drug-likeness (QED) is 0.477. The predicted octanol–water partition coefficient (Wildman–Crippen LogP) is 0.371. The van der Waals surface area contributed by atoms with Gasteiger partial charge in [0.2, 0.25) is 0 Å². The van der Waals surface area contributed by atoms with Crippen LogP contribution < -0.4 is 11.1 Å². The van der Waals surface area contributed by atoms with Crippen LogP contribution in [0.15, 0.2) is 0 Å². The Morgan fingerprint density at radius 2 is 1.94 bits per heavy atom. The normalized spacial score (nSPS) is 21.9. The van der Waals surface area contributed by atoms with Crippen LogP contribution in [0.4, 0.5) is 0 Å². The first-order valence-corrected chi connectivity index (χ1v) is 6.45. The lowest BCUT2D eigenvalue weighted by molar-refractivity contribution is 0.113. The fourth-order valence-electron chi connectivity index (χ4n) is 2.47. The second-order valence-corrected chi connectivity index (χ2v) is 5.06. The Kier molecular flexibility index (Phi) is 6.28. The predicted molar refractivity (Wildman–Crippen MR) is 65.2 cm³/mol. The summed E-state index contributed by atoms with van der Waals surface area (Å²) in [5.74, 6) is 0. The highest BCUT2D eigenvalue weighted by Crippen LogP contribution is 2.29. The van der Waals surface area contributed by atoms with Crippen molar-refractivity contribution in [3.05, 3.63) is 0 Å². The maximum atomic E-state index is 9.86. The van der Waals surface area contributed by atoms with E-state index in [0.717, 1.165) is 25.8 Å². The molecule has 0 aromatic carbocycles. The van der Waals surface area contributed by atoms with Crippen molar-refractivity contribution in [3.8, 4) is 0 Å². The van der Waals surface area contributed by atoms with Gasteiger partial charge in [0, 0.05) is 18.7 Å². The molecule has 4 heteroatoms. The van der Waals surface area contributed by atoms with Gasteiger partial charge in [-0.15, -0.1) is 0 Å². The summed E-state index contributed by atoms with van der Waals surface area (Å²) >= 11 is 0. The molecule has 4 nitrogen and oxygen atoms in total. The van der Waals surface area contributed by atoms with Crippen molar-refractivity contribution in [3.63, 3.8) is 0 Å². The summed E-state index contributed by atoms with van der Waals surface area (Å²) in [4.78, 5) is 0. The number of nitrogens with one attached hydrogen (secondary N) is 1. The molecule has 0 aliphatic heterocycles. The second-order valence-electron chi connectivity index (χ2n) is 5.06. The molecular formula is C12H26N2O2. The number of aliphatic hydroxyl groups is 2. The number of nitrogens with two attached hydrogens (primary N) is 1. The molecule has 0 spiro atoms. The highest BCUT2D eigenvalue weighted by molar-refractivity contribution is 4.89. The molecule has 0 aromatic heterocycles. The standard InChI is InChI=1S/C12H26N2O2/c13-12(5-2-1-3-6-12)9-11(16)10-14-7-4-8-15/h11,14-16H,1-10,13H2. The fourth-order valence-corrected chi connectivity index (χ4v) is 2.47. The van der Waals surface area contributed by atoms with E-state index in [4.69, 9.17) is 10.8 Å². The molecule has 1 saturated carbocycles. The molecule has 1 aliphatic rings. The number of hydrogen-bond acceptors (Lipinski definition) is 4. The summed E-state index contributed by atoms with van der Waals surface area (Å²) in [7, 11) is 0. The second kappa shape index (κ2) is 7.22. The van der Waals surface area contributed by atoms with E-state index in [-0.39, 0.29) is 18.2 Å². The third-order valence-corrected chi connectivity index (χ3v) is 3.38. The Bertz CT molecular complexity index is 182. The molecule has 0 bridgehead atoms. The maximum absolute atomic E-state index is 9.86. The molecular weight excluding hydrogens is 204 g/mol. The molecule has 1 aliphatic carbocycles. The molecule has 1 rings (SSSR count). The van der Waals surface area contributed by atoms with Gasteiger partial charge in [-0.3, -0.25) is 0 Å². The average Bonchev–Trinajstić information content (AvgIpc) is 2.25. The van der Waals surface area contributed by atoms with Crippen molar-refractivity contribution in [2.45, 2.75) is 56.6 Å². The molecule has 5 N–H and O–H groups in total. The van der Waals surface area contributed by atoms with Crippen LogP contribution in [-0.2, 0) is 0 Å². The Hall–Kier alpha value is -0.160. The van der Waals surface area contributed by atoms with Crippen LogP contribution in [0.25, 0.3) is 0 Å². The van der Waals surface area contributed by atoms with Crippen LogP contribution in [0, 0.1) is 0 Å².